The van der Waals surface area contributed by atoms with Gasteiger partial charge in [0.25, 0.3) is 0 Å². The van der Waals surface area contributed by atoms with Gasteiger partial charge < -0.3 is 5.32 Å². The van der Waals surface area contributed by atoms with E-state index in [1.54, 1.807) is 6.92 Å². The first-order chi connectivity index (χ1) is 9.77. The van der Waals surface area contributed by atoms with Crippen molar-refractivity contribution in [2.75, 3.05) is 6.54 Å². The van der Waals surface area contributed by atoms with E-state index in [0.29, 0.717) is 12.5 Å². The van der Waals surface area contributed by atoms with Crippen LogP contribution in [0.1, 0.15) is 47.5 Å². The highest BCUT2D eigenvalue weighted by Gasteiger charge is 2.41. The van der Waals surface area contributed by atoms with Crippen molar-refractivity contribution in [3.05, 3.63) is 0 Å². The van der Waals surface area contributed by atoms with E-state index < -0.39 is 12.1 Å². The number of hydrogen-bond acceptors (Lipinski definition) is 4. The fourth-order valence-corrected chi connectivity index (χ4v) is 2.26. The Morgan fingerprint density at radius 1 is 1.29 bits per heavy atom. The second-order valence-electron chi connectivity index (χ2n) is 6.14. The molecular weight excluding hydrogens is 270 g/mol. The van der Waals surface area contributed by atoms with Crippen LogP contribution in [0.3, 0.4) is 0 Å². The van der Waals surface area contributed by atoms with Gasteiger partial charge in [-0.25, -0.2) is 0 Å². The van der Waals surface area contributed by atoms with E-state index in [2.05, 4.69) is 10.6 Å². The fourth-order valence-electron chi connectivity index (χ4n) is 2.26. The van der Waals surface area contributed by atoms with Crippen LogP contribution in [0.2, 0.25) is 0 Å². The molecule has 3 atom stereocenters. The average molecular weight is 297 g/mol. The molecule has 21 heavy (non-hydrogen) atoms. The van der Waals surface area contributed by atoms with Crippen LogP contribution in [0.15, 0.2) is 0 Å². The molecule has 6 nitrogen and oxygen atoms in total. The monoisotopic (exact) mass is 297 g/mol. The van der Waals surface area contributed by atoms with Gasteiger partial charge in [0.2, 0.25) is 17.7 Å². The number of hydrogen-bond donors (Lipinski definition) is 2. The van der Waals surface area contributed by atoms with Crippen LogP contribution in [0.4, 0.5) is 0 Å². The summed E-state index contributed by atoms with van der Waals surface area (Å²) in [4.78, 5) is 37.4. The van der Waals surface area contributed by atoms with Gasteiger partial charge in [-0.3, -0.25) is 24.6 Å². The molecule has 1 aliphatic heterocycles. The van der Waals surface area contributed by atoms with Gasteiger partial charge in [0.05, 0.1) is 18.5 Å². The first-order valence-electron chi connectivity index (χ1n) is 7.67. The van der Waals surface area contributed by atoms with Crippen LogP contribution in [-0.4, -0.2) is 47.3 Å². The van der Waals surface area contributed by atoms with Crippen LogP contribution < -0.4 is 10.6 Å². The third kappa shape index (κ3) is 4.52. The minimum atomic E-state index is -0.591. The Kier molecular flexibility index (Phi) is 6.33. The Morgan fingerprint density at radius 2 is 1.90 bits per heavy atom. The summed E-state index contributed by atoms with van der Waals surface area (Å²) in [6, 6.07) is -1.18. The Hall–Kier alpha value is -1.43. The summed E-state index contributed by atoms with van der Waals surface area (Å²) in [6.07, 6.45) is 0.861. The van der Waals surface area contributed by atoms with Gasteiger partial charge in [-0.2, -0.15) is 0 Å². The van der Waals surface area contributed by atoms with E-state index in [1.165, 1.54) is 4.90 Å². The lowest BCUT2D eigenvalue weighted by Gasteiger charge is -2.22. The molecule has 0 aromatic carbocycles. The molecule has 3 unspecified atom stereocenters. The normalized spacial score (nSPS) is 21.8. The second kappa shape index (κ2) is 7.54. The van der Waals surface area contributed by atoms with E-state index in [9.17, 15) is 14.4 Å². The molecule has 0 aliphatic carbocycles. The van der Waals surface area contributed by atoms with Crippen molar-refractivity contribution in [3.8, 4) is 0 Å². The third-order valence-corrected chi connectivity index (χ3v) is 3.74. The lowest BCUT2D eigenvalue weighted by atomic mass is 10.2. The molecule has 1 saturated heterocycles. The van der Waals surface area contributed by atoms with Crippen molar-refractivity contribution >= 4 is 17.7 Å². The maximum absolute atomic E-state index is 12.3. The Morgan fingerprint density at radius 3 is 2.43 bits per heavy atom. The molecular formula is C15H27N3O3. The first kappa shape index (κ1) is 17.6. The zero-order valence-electron chi connectivity index (χ0n) is 13.6. The summed E-state index contributed by atoms with van der Waals surface area (Å²) in [6.45, 7) is 10.1. The van der Waals surface area contributed by atoms with Crippen LogP contribution in [0.5, 0.6) is 0 Å². The largest absolute Gasteiger partial charge is 0.354 e. The smallest absolute Gasteiger partial charge is 0.247 e. The second-order valence-corrected chi connectivity index (χ2v) is 6.14. The van der Waals surface area contributed by atoms with Crippen LogP contribution in [0.25, 0.3) is 0 Å². The summed E-state index contributed by atoms with van der Waals surface area (Å²) in [7, 11) is 0. The number of amides is 3. The molecule has 0 aromatic heterocycles. The van der Waals surface area contributed by atoms with Crippen LogP contribution >= 0.6 is 0 Å². The number of nitrogens with one attached hydrogen (secondary N) is 2. The molecule has 0 aromatic rings. The number of rotatable bonds is 7. The molecule has 6 heteroatoms. The van der Waals surface area contributed by atoms with Gasteiger partial charge in [-0.1, -0.05) is 20.8 Å². The summed E-state index contributed by atoms with van der Waals surface area (Å²) in [5.74, 6) is -0.165. The molecule has 1 rings (SSSR count). The maximum atomic E-state index is 12.3. The molecule has 1 fully saturated rings. The molecule has 0 radical (unpaired) electrons. The van der Waals surface area contributed by atoms with Crippen molar-refractivity contribution in [2.45, 2.75) is 65.6 Å². The molecule has 2 N–H and O–H groups in total. The van der Waals surface area contributed by atoms with E-state index in [1.807, 2.05) is 27.7 Å². The van der Waals surface area contributed by atoms with Gasteiger partial charge in [0.1, 0.15) is 0 Å². The standard InChI is InChI=1S/C15H27N3O3/c1-6-10(4)18-13(19)7-12(15(18)21)17-11(5)14(20)16-8-9(2)3/h9-12,17H,6-8H2,1-5H3,(H,16,20). The lowest BCUT2D eigenvalue weighted by molar-refractivity contribution is -0.141. The van der Waals surface area contributed by atoms with Gasteiger partial charge in [0.15, 0.2) is 0 Å². The number of carbonyl (C=O) groups is 3. The zero-order valence-corrected chi connectivity index (χ0v) is 13.6. The maximum Gasteiger partial charge on any atom is 0.247 e. The summed E-state index contributed by atoms with van der Waals surface area (Å²) in [5, 5.41) is 5.78. The van der Waals surface area contributed by atoms with E-state index in [-0.39, 0.29) is 30.2 Å². The fraction of sp³-hybridized carbons (Fsp3) is 0.800. The minimum Gasteiger partial charge on any atom is -0.354 e. The Bertz CT molecular complexity index is 409. The summed E-state index contributed by atoms with van der Waals surface area (Å²) < 4.78 is 0. The topological polar surface area (TPSA) is 78.5 Å². The summed E-state index contributed by atoms with van der Waals surface area (Å²) >= 11 is 0. The molecule has 0 saturated carbocycles. The molecule has 0 bridgehead atoms. The zero-order chi connectivity index (χ0) is 16.2. The molecule has 1 heterocycles. The number of carbonyl (C=O) groups excluding carboxylic acids is 3. The summed E-state index contributed by atoms with van der Waals surface area (Å²) in [5.41, 5.74) is 0. The van der Waals surface area contributed by atoms with E-state index in [0.717, 1.165) is 6.42 Å². The number of nitrogens with zero attached hydrogens (tertiary/aromatic N) is 1. The molecule has 1 aliphatic rings. The van der Waals surface area contributed by atoms with Gasteiger partial charge in [0, 0.05) is 12.6 Å². The number of imide groups is 1. The van der Waals surface area contributed by atoms with Crippen molar-refractivity contribution in [2.24, 2.45) is 5.92 Å². The molecule has 0 spiro atoms. The van der Waals surface area contributed by atoms with Gasteiger partial charge in [-0.15, -0.1) is 0 Å². The Balaban J connectivity index is 2.57. The van der Waals surface area contributed by atoms with Crippen LogP contribution in [-0.2, 0) is 14.4 Å². The van der Waals surface area contributed by atoms with E-state index in [4.69, 9.17) is 0 Å². The van der Waals surface area contributed by atoms with Crippen molar-refractivity contribution < 1.29 is 14.4 Å². The molecule has 3 amide bonds. The predicted molar refractivity (Wildman–Crippen MR) is 80.5 cm³/mol. The molecule has 120 valence electrons. The Labute approximate surface area is 126 Å². The first-order valence-corrected chi connectivity index (χ1v) is 7.67. The highest BCUT2D eigenvalue weighted by Crippen LogP contribution is 2.18. The van der Waals surface area contributed by atoms with Gasteiger partial charge in [-0.05, 0) is 26.2 Å². The van der Waals surface area contributed by atoms with E-state index >= 15 is 0 Å². The third-order valence-electron chi connectivity index (χ3n) is 3.74. The van der Waals surface area contributed by atoms with Gasteiger partial charge >= 0.3 is 0 Å². The minimum absolute atomic E-state index is 0.0955. The van der Waals surface area contributed by atoms with Crippen molar-refractivity contribution in [1.82, 2.24) is 15.5 Å². The quantitative estimate of drug-likeness (QED) is 0.677. The number of likely N-dealkylation sites (tertiary alicyclic amines) is 1. The highest BCUT2D eigenvalue weighted by atomic mass is 16.2. The predicted octanol–water partition coefficient (Wildman–Crippen LogP) is 0.663. The lowest BCUT2D eigenvalue weighted by Crippen LogP contribution is -2.50. The highest BCUT2D eigenvalue weighted by molar-refractivity contribution is 6.06. The SMILES string of the molecule is CCC(C)N1C(=O)CC(NC(C)C(=O)NCC(C)C)C1=O. The van der Waals surface area contributed by atoms with Crippen molar-refractivity contribution in [3.63, 3.8) is 0 Å². The van der Waals surface area contributed by atoms with Crippen molar-refractivity contribution in [1.29, 1.82) is 0 Å². The average Bonchev–Trinajstić information content (AvgIpc) is 2.69. The van der Waals surface area contributed by atoms with Crippen LogP contribution in [0, 0.1) is 5.92 Å².